The van der Waals surface area contributed by atoms with E-state index in [1.807, 2.05) is 11.7 Å². The van der Waals surface area contributed by atoms with E-state index >= 15 is 0 Å². The molecule has 148 valence electrons. The van der Waals surface area contributed by atoms with Crippen LogP contribution in [0.25, 0.3) is 10.6 Å². The first-order chi connectivity index (χ1) is 13.6. The fourth-order valence-corrected chi connectivity index (χ4v) is 5.65. The lowest BCUT2D eigenvalue weighted by atomic mass is 9.78. The number of hydrogen-bond donors (Lipinski definition) is 1. The molecule has 0 radical (unpaired) electrons. The molecule has 2 aromatic rings. The van der Waals surface area contributed by atoms with Crippen LogP contribution in [0.1, 0.15) is 19.3 Å². The molecule has 0 unspecified atom stereocenters. The van der Waals surface area contributed by atoms with Gasteiger partial charge in [0.25, 0.3) is 0 Å². The first kappa shape index (κ1) is 17.8. The number of hydrogen-bond acceptors (Lipinski definition) is 7. The zero-order valence-corrected chi connectivity index (χ0v) is 16.5. The molecular weight excluding hydrogens is 376 g/mol. The molecule has 3 fully saturated rings. The minimum atomic E-state index is -0.775. The highest BCUT2D eigenvalue weighted by Crippen LogP contribution is 2.47. The molecule has 0 aromatic carbocycles. The SMILES string of the molecule is O=C(O)N1CC2(CC[C@@H](N3CCN(c4nccnc4-c4cncs4)CC3)C2)C1. The maximum absolute atomic E-state index is 11.1. The first-order valence-corrected chi connectivity index (χ1v) is 10.7. The lowest BCUT2D eigenvalue weighted by Gasteiger charge is -2.47. The average Bonchev–Trinajstić information content (AvgIpc) is 3.37. The monoisotopic (exact) mass is 400 g/mol. The van der Waals surface area contributed by atoms with E-state index in [0.29, 0.717) is 6.04 Å². The summed E-state index contributed by atoms with van der Waals surface area (Å²) in [4.78, 5) is 32.0. The number of nitrogens with zero attached hydrogens (tertiary/aromatic N) is 6. The van der Waals surface area contributed by atoms with Crippen LogP contribution >= 0.6 is 11.3 Å². The summed E-state index contributed by atoms with van der Waals surface area (Å²) >= 11 is 1.59. The van der Waals surface area contributed by atoms with Crippen molar-refractivity contribution >= 4 is 23.2 Å². The lowest BCUT2D eigenvalue weighted by Crippen LogP contribution is -2.58. The van der Waals surface area contributed by atoms with E-state index in [0.717, 1.165) is 68.5 Å². The number of carbonyl (C=O) groups is 1. The number of likely N-dealkylation sites (tertiary alicyclic amines) is 1. The molecule has 2 aliphatic heterocycles. The predicted octanol–water partition coefficient (Wildman–Crippen LogP) is 2.25. The molecule has 3 aliphatic rings. The van der Waals surface area contributed by atoms with Crippen molar-refractivity contribution in [3.8, 4) is 10.6 Å². The van der Waals surface area contributed by atoms with Crippen LogP contribution in [-0.4, -0.2) is 81.3 Å². The normalized spacial score (nSPS) is 24.5. The lowest BCUT2D eigenvalue weighted by molar-refractivity contribution is 0.00903. The molecule has 1 saturated carbocycles. The van der Waals surface area contributed by atoms with Crippen LogP contribution in [0, 0.1) is 5.41 Å². The molecule has 1 atom stereocenters. The molecule has 1 spiro atoms. The van der Waals surface area contributed by atoms with Crippen molar-refractivity contribution in [1.82, 2.24) is 24.8 Å². The van der Waals surface area contributed by atoms with Crippen molar-refractivity contribution in [1.29, 1.82) is 0 Å². The molecule has 2 saturated heterocycles. The topological polar surface area (TPSA) is 85.7 Å². The Bertz CT molecular complexity index is 846. The van der Waals surface area contributed by atoms with E-state index in [4.69, 9.17) is 5.11 Å². The van der Waals surface area contributed by atoms with Crippen LogP contribution in [-0.2, 0) is 0 Å². The number of rotatable bonds is 3. The molecule has 1 amide bonds. The fraction of sp³-hybridized carbons (Fsp3) is 0.579. The van der Waals surface area contributed by atoms with Crippen molar-refractivity contribution in [3.05, 3.63) is 24.1 Å². The quantitative estimate of drug-likeness (QED) is 0.846. The largest absolute Gasteiger partial charge is 0.465 e. The Labute approximate surface area is 167 Å². The molecule has 28 heavy (non-hydrogen) atoms. The highest BCUT2D eigenvalue weighted by atomic mass is 32.1. The van der Waals surface area contributed by atoms with E-state index in [9.17, 15) is 4.79 Å². The maximum atomic E-state index is 11.1. The minimum absolute atomic E-state index is 0.241. The number of piperazine rings is 1. The van der Waals surface area contributed by atoms with Crippen molar-refractivity contribution in [2.45, 2.75) is 25.3 Å². The Kier molecular flexibility index (Phi) is 4.43. The van der Waals surface area contributed by atoms with Crippen molar-refractivity contribution in [3.63, 3.8) is 0 Å². The molecule has 4 heterocycles. The van der Waals surface area contributed by atoms with Crippen LogP contribution in [0.5, 0.6) is 0 Å². The third-order valence-electron chi connectivity index (χ3n) is 6.47. The van der Waals surface area contributed by atoms with Gasteiger partial charge in [0.2, 0.25) is 0 Å². The van der Waals surface area contributed by atoms with Crippen LogP contribution in [0.2, 0.25) is 0 Å². The van der Waals surface area contributed by atoms with E-state index < -0.39 is 6.09 Å². The smallest absolute Gasteiger partial charge is 0.407 e. The van der Waals surface area contributed by atoms with Crippen molar-refractivity contribution in [2.24, 2.45) is 5.41 Å². The zero-order valence-electron chi connectivity index (χ0n) is 15.7. The van der Waals surface area contributed by atoms with Crippen LogP contribution in [0.3, 0.4) is 0 Å². The summed E-state index contributed by atoms with van der Waals surface area (Å²) in [5.74, 6) is 0.949. The van der Waals surface area contributed by atoms with Gasteiger partial charge in [-0.05, 0) is 19.3 Å². The maximum Gasteiger partial charge on any atom is 0.407 e. The predicted molar refractivity (Wildman–Crippen MR) is 107 cm³/mol. The zero-order chi connectivity index (χ0) is 19.1. The van der Waals surface area contributed by atoms with E-state index in [-0.39, 0.29) is 5.41 Å². The van der Waals surface area contributed by atoms with Gasteiger partial charge in [0.1, 0.15) is 5.69 Å². The van der Waals surface area contributed by atoms with Gasteiger partial charge in [0, 0.05) is 69.3 Å². The summed E-state index contributed by atoms with van der Waals surface area (Å²) in [5, 5.41) is 9.12. The van der Waals surface area contributed by atoms with Crippen molar-refractivity contribution in [2.75, 3.05) is 44.2 Å². The molecular formula is C19H24N6O2S. The van der Waals surface area contributed by atoms with Crippen LogP contribution in [0.15, 0.2) is 24.1 Å². The van der Waals surface area contributed by atoms with Crippen molar-refractivity contribution < 1.29 is 9.90 Å². The summed E-state index contributed by atoms with van der Waals surface area (Å²) in [7, 11) is 0. The van der Waals surface area contributed by atoms with E-state index in [2.05, 4.69) is 24.8 Å². The molecule has 0 bridgehead atoms. The Morgan fingerprint density at radius 3 is 2.68 bits per heavy atom. The standard InChI is InChI=1S/C19H24N6O2S/c26-18(27)25-11-19(12-25)2-1-14(9-19)23-5-7-24(8-6-23)17-16(21-3-4-22-17)15-10-20-13-28-15/h3-4,10,13-14H,1-2,5-9,11-12H2,(H,26,27)/t14-/m1/s1. The summed E-state index contributed by atoms with van der Waals surface area (Å²) < 4.78 is 0. The summed E-state index contributed by atoms with van der Waals surface area (Å²) in [6.45, 7) is 5.35. The average molecular weight is 401 g/mol. The van der Waals surface area contributed by atoms with E-state index in [1.54, 1.807) is 28.6 Å². The van der Waals surface area contributed by atoms with Crippen LogP contribution < -0.4 is 4.90 Å². The molecule has 5 rings (SSSR count). The fourth-order valence-electron chi connectivity index (χ4n) is 5.04. The second-order valence-electron chi connectivity index (χ2n) is 8.15. The van der Waals surface area contributed by atoms with Gasteiger partial charge < -0.3 is 14.9 Å². The van der Waals surface area contributed by atoms with Gasteiger partial charge in [-0.25, -0.2) is 14.8 Å². The highest BCUT2D eigenvalue weighted by molar-refractivity contribution is 7.13. The third kappa shape index (κ3) is 3.12. The molecule has 9 heteroatoms. The Morgan fingerprint density at radius 2 is 1.96 bits per heavy atom. The number of carboxylic acid groups (broad SMARTS) is 1. The number of amides is 1. The molecule has 2 aromatic heterocycles. The summed E-state index contributed by atoms with van der Waals surface area (Å²) in [6.07, 6.45) is 8.05. The van der Waals surface area contributed by atoms with Gasteiger partial charge in [0.05, 0.1) is 10.4 Å². The number of aromatic nitrogens is 3. The van der Waals surface area contributed by atoms with Crippen LogP contribution in [0.4, 0.5) is 10.6 Å². The molecule has 1 N–H and O–H groups in total. The van der Waals surface area contributed by atoms with Gasteiger partial charge in [0.15, 0.2) is 5.82 Å². The van der Waals surface area contributed by atoms with E-state index in [1.165, 1.54) is 6.42 Å². The Balaban J connectivity index is 1.21. The van der Waals surface area contributed by atoms with Gasteiger partial charge >= 0.3 is 6.09 Å². The summed E-state index contributed by atoms with van der Waals surface area (Å²) in [5.41, 5.74) is 2.99. The van der Waals surface area contributed by atoms with Gasteiger partial charge in [-0.15, -0.1) is 11.3 Å². The molecule has 8 nitrogen and oxygen atoms in total. The van der Waals surface area contributed by atoms with Gasteiger partial charge in [-0.3, -0.25) is 9.88 Å². The second kappa shape index (κ2) is 6.97. The Hall–Kier alpha value is -2.26. The second-order valence-corrected chi connectivity index (χ2v) is 9.04. The van der Waals surface area contributed by atoms with Gasteiger partial charge in [-0.2, -0.15) is 0 Å². The number of thiazole rings is 1. The minimum Gasteiger partial charge on any atom is -0.465 e. The highest BCUT2D eigenvalue weighted by Gasteiger charge is 2.50. The molecule has 1 aliphatic carbocycles. The first-order valence-electron chi connectivity index (χ1n) is 9.80. The van der Waals surface area contributed by atoms with Gasteiger partial charge in [-0.1, -0.05) is 0 Å². The Morgan fingerprint density at radius 1 is 1.18 bits per heavy atom. The third-order valence-corrected chi connectivity index (χ3v) is 7.25. The number of anilines is 1. The summed E-state index contributed by atoms with van der Waals surface area (Å²) in [6, 6.07) is 0.584.